The van der Waals surface area contributed by atoms with Gasteiger partial charge in [-0.3, -0.25) is 4.68 Å². The fourth-order valence-electron chi connectivity index (χ4n) is 5.96. The molecule has 2 aromatic heterocycles. The van der Waals surface area contributed by atoms with E-state index in [1.54, 1.807) is 16.9 Å². The van der Waals surface area contributed by atoms with Crippen LogP contribution >= 0.6 is 0 Å². The maximum Gasteiger partial charge on any atom is 0.377 e. The zero-order valence-corrected chi connectivity index (χ0v) is 20.6. The zero-order chi connectivity index (χ0) is 24.8. The van der Waals surface area contributed by atoms with Crippen molar-refractivity contribution in [3.63, 3.8) is 0 Å². The second-order valence-corrected chi connectivity index (χ2v) is 10.00. The van der Waals surface area contributed by atoms with E-state index in [1.165, 1.54) is 0 Å². The van der Waals surface area contributed by atoms with Crippen LogP contribution < -0.4 is 9.64 Å². The van der Waals surface area contributed by atoms with Crippen LogP contribution in [0.25, 0.3) is 22.4 Å². The van der Waals surface area contributed by atoms with Gasteiger partial charge in [0.05, 0.1) is 26.0 Å². The molecule has 2 N–H and O–H groups in total. The zero-order valence-electron chi connectivity index (χ0n) is 20.6. The number of hydrogen-bond donors (Lipinski definition) is 2. The highest BCUT2D eigenvalue weighted by Gasteiger charge is 2.44. The fourth-order valence-corrected chi connectivity index (χ4v) is 5.96. The minimum absolute atomic E-state index is 0.134. The van der Waals surface area contributed by atoms with E-state index in [0.717, 1.165) is 42.8 Å². The minimum atomic E-state index is -0.482. The van der Waals surface area contributed by atoms with Crippen molar-refractivity contribution in [2.24, 2.45) is 7.05 Å². The summed E-state index contributed by atoms with van der Waals surface area (Å²) in [4.78, 5) is 4.52. The number of aryl methyl sites for hydroxylation is 1. The van der Waals surface area contributed by atoms with Crippen molar-refractivity contribution in [2.75, 3.05) is 31.3 Å². The molecule has 0 amide bonds. The molecule has 3 atom stereocenters. The first-order chi connectivity index (χ1) is 17.5. The summed E-state index contributed by atoms with van der Waals surface area (Å²) in [5.74, 6) is 1.57. The van der Waals surface area contributed by atoms with Crippen molar-refractivity contribution in [2.45, 2.75) is 44.2 Å². The lowest BCUT2D eigenvalue weighted by Crippen LogP contribution is -2.64. The smallest absolute Gasteiger partial charge is 0.377 e. The van der Waals surface area contributed by atoms with Crippen LogP contribution in [0.4, 0.5) is 5.82 Å². The van der Waals surface area contributed by atoms with Crippen LogP contribution in [0.3, 0.4) is 0 Å². The number of morpholine rings is 1. The molecule has 0 saturated carbocycles. The Morgan fingerprint density at radius 2 is 1.86 bits per heavy atom. The van der Waals surface area contributed by atoms with Gasteiger partial charge >= 0.3 is 7.05 Å². The Balaban J connectivity index is 1.28. The fraction of sp³-hybridized carbons (Fsp3) is 0.480. The van der Waals surface area contributed by atoms with E-state index in [1.807, 2.05) is 38.3 Å². The number of fused-ring (bicyclic) bond motifs is 3. The first-order valence-electron chi connectivity index (χ1n) is 12.6. The van der Waals surface area contributed by atoms with E-state index in [-0.39, 0.29) is 23.9 Å². The summed E-state index contributed by atoms with van der Waals surface area (Å²) >= 11 is 0. The predicted molar refractivity (Wildman–Crippen MR) is 136 cm³/mol. The molecule has 10 nitrogen and oxygen atoms in total. The van der Waals surface area contributed by atoms with Crippen LogP contribution in [0.5, 0.6) is 11.5 Å². The van der Waals surface area contributed by atoms with Gasteiger partial charge in [-0.05, 0) is 43.8 Å². The van der Waals surface area contributed by atoms with Crippen LogP contribution in [-0.2, 0) is 11.8 Å². The van der Waals surface area contributed by atoms with Crippen LogP contribution in [0.2, 0.25) is 6.82 Å². The monoisotopic (exact) mass is 490 g/mol. The van der Waals surface area contributed by atoms with E-state index in [4.69, 9.17) is 9.47 Å². The lowest BCUT2D eigenvalue weighted by molar-refractivity contribution is -0.0444. The third kappa shape index (κ3) is 4.21. The Labute approximate surface area is 210 Å². The normalized spacial score (nSPS) is 24.1. The number of aromatic hydroxyl groups is 1. The summed E-state index contributed by atoms with van der Waals surface area (Å²) < 4.78 is 13.6. The number of aromatic nitrogens is 4. The number of phenolic OH excluding ortho intramolecular Hbond substituents is 1. The van der Waals surface area contributed by atoms with Crippen molar-refractivity contribution >= 4 is 12.9 Å². The standard InChI is InChI=1S/C25H31BN6O4/c1-26(34)32-19-9-18(10-20(32)15-35-14-19)31-6-3-7-36-24-11-22(28-29-25(24)31)21-5-4-16(8-23(21)33)17-12-27-30(2)13-17/h4-5,8,11-13,18-20,33-34H,3,6-7,9-10,14-15H2,1-2H3/t18-,19+,20?/m0/s1. The number of piperidine rings is 1. The average Bonchev–Trinajstić information content (AvgIpc) is 3.18. The summed E-state index contributed by atoms with van der Waals surface area (Å²) in [6, 6.07) is 8.04. The number of nitrogens with zero attached hydrogens (tertiary/aromatic N) is 6. The second kappa shape index (κ2) is 9.38. The third-order valence-corrected chi connectivity index (χ3v) is 7.55. The van der Waals surface area contributed by atoms with Crippen molar-refractivity contribution in [3.05, 3.63) is 36.7 Å². The maximum absolute atomic E-state index is 10.8. The number of ether oxygens (including phenoxy) is 2. The van der Waals surface area contributed by atoms with Gasteiger partial charge in [0.25, 0.3) is 0 Å². The molecule has 0 spiro atoms. The van der Waals surface area contributed by atoms with Gasteiger partial charge in [-0.25, -0.2) is 0 Å². The second-order valence-electron chi connectivity index (χ2n) is 10.00. The lowest BCUT2D eigenvalue weighted by Gasteiger charge is -2.51. The largest absolute Gasteiger partial charge is 0.507 e. The average molecular weight is 490 g/mol. The number of hydrogen-bond acceptors (Lipinski definition) is 9. The maximum atomic E-state index is 10.8. The van der Waals surface area contributed by atoms with Crippen molar-refractivity contribution in [1.29, 1.82) is 0 Å². The van der Waals surface area contributed by atoms with E-state index in [2.05, 4.69) is 25.0 Å². The molecule has 3 aliphatic heterocycles. The van der Waals surface area contributed by atoms with Crippen molar-refractivity contribution in [1.82, 2.24) is 24.8 Å². The van der Waals surface area contributed by atoms with Gasteiger partial charge in [0, 0.05) is 55.1 Å². The van der Waals surface area contributed by atoms with E-state index < -0.39 is 7.05 Å². The third-order valence-electron chi connectivity index (χ3n) is 7.55. The topological polar surface area (TPSA) is 109 Å². The minimum Gasteiger partial charge on any atom is -0.507 e. The SMILES string of the molecule is CB(O)N1C2COC[C@H]1C[C@H](N1CCCOc3cc(-c4ccc(-c5cnn(C)c5)cc4O)nnc31)C2. The number of benzene rings is 1. The molecule has 36 heavy (non-hydrogen) atoms. The van der Waals surface area contributed by atoms with Gasteiger partial charge in [-0.2, -0.15) is 5.10 Å². The molecule has 11 heteroatoms. The molecule has 1 unspecified atom stereocenters. The highest BCUT2D eigenvalue weighted by atomic mass is 16.5. The van der Waals surface area contributed by atoms with Crippen molar-refractivity contribution < 1.29 is 19.6 Å². The van der Waals surface area contributed by atoms with Gasteiger partial charge in [0.2, 0.25) is 0 Å². The highest BCUT2D eigenvalue weighted by molar-refractivity contribution is 6.45. The van der Waals surface area contributed by atoms with Gasteiger partial charge < -0.3 is 29.3 Å². The quantitative estimate of drug-likeness (QED) is 0.532. The number of anilines is 1. The van der Waals surface area contributed by atoms with Crippen molar-refractivity contribution in [3.8, 4) is 33.9 Å². The first kappa shape index (κ1) is 23.3. The Kier molecular flexibility index (Phi) is 6.06. The van der Waals surface area contributed by atoms with Gasteiger partial charge in [0.15, 0.2) is 11.6 Å². The molecule has 2 saturated heterocycles. The summed E-state index contributed by atoms with van der Waals surface area (Å²) in [5, 5.41) is 34.5. The molecular weight excluding hydrogens is 459 g/mol. The Bertz CT molecular complexity index is 1240. The Hall–Kier alpha value is -3.15. The molecule has 3 aliphatic rings. The number of rotatable bonds is 4. The predicted octanol–water partition coefficient (Wildman–Crippen LogP) is 2.18. The molecular formula is C25H31BN6O4. The Morgan fingerprint density at radius 1 is 1.06 bits per heavy atom. The highest BCUT2D eigenvalue weighted by Crippen LogP contribution is 2.39. The van der Waals surface area contributed by atoms with Crippen LogP contribution in [0.15, 0.2) is 36.7 Å². The molecule has 0 aliphatic carbocycles. The molecule has 188 valence electrons. The van der Waals surface area contributed by atoms with Crippen LogP contribution in [-0.4, -0.2) is 86.5 Å². The van der Waals surface area contributed by atoms with Gasteiger partial charge in [-0.1, -0.05) is 6.07 Å². The lowest BCUT2D eigenvalue weighted by atomic mass is 9.75. The summed E-state index contributed by atoms with van der Waals surface area (Å²) in [6.07, 6.45) is 6.34. The van der Waals surface area contributed by atoms with Crippen LogP contribution in [0, 0.1) is 0 Å². The van der Waals surface area contributed by atoms with Crippen LogP contribution in [0.1, 0.15) is 19.3 Å². The van der Waals surface area contributed by atoms with Gasteiger partial charge in [0.1, 0.15) is 11.4 Å². The molecule has 2 bridgehead atoms. The summed E-state index contributed by atoms with van der Waals surface area (Å²) in [7, 11) is 1.38. The first-order valence-corrected chi connectivity index (χ1v) is 12.6. The number of phenols is 1. The molecule has 6 rings (SSSR count). The van der Waals surface area contributed by atoms with E-state index in [0.29, 0.717) is 36.8 Å². The van der Waals surface area contributed by atoms with Gasteiger partial charge in [-0.15, -0.1) is 10.2 Å². The summed E-state index contributed by atoms with van der Waals surface area (Å²) in [5.41, 5.74) is 2.99. The summed E-state index contributed by atoms with van der Waals surface area (Å²) in [6.45, 7) is 4.54. The van der Waals surface area contributed by atoms with E-state index >= 15 is 0 Å². The molecule has 1 aromatic carbocycles. The molecule has 2 fully saturated rings. The Morgan fingerprint density at radius 3 is 2.56 bits per heavy atom. The van der Waals surface area contributed by atoms with E-state index in [9.17, 15) is 10.1 Å². The molecule has 5 heterocycles. The molecule has 3 aromatic rings. The molecule has 0 radical (unpaired) electrons.